The molecule has 1 saturated heterocycles. The molecule has 1 aliphatic heterocycles. The van der Waals surface area contributed by atoms with Gasteiger partial charge in [-0.1, -0.05) is 35.9 Å². The van der Waals surface area contributed by atoms with Crippen LogP contribution in [0.1, 0.15) is 17.2 Å². The predicted molar refractivity (Wildman–Crippen MR) is 85.0 cm³/mol. The molecule has 0 aromatic heterocycles. The lowest BCUT2D eigenvalue weighted by Crippen LogP contribution is -2.36. The highest BCUT2D eigenvalue weighted by Crippen LogP contribution is 2.25. The molecule has 1 N–H and O–H groups in total. The minimum Gasteiger partial charge on any atom is -0.384 e. The van der Waals surface area contributed by atoms with Gasteiger partial charge in [-0.15, -0.1) is 0 Å². The van der Waals surface area contributed by atoms with Crippen molar-refractivity contribution >= 4 is 17.3 Å². The third kappa shape index (κ3) is 3.38. The average Bonchev–Trinajstić information content (AvgIpc) is 2.56. The SMILES string of the molecule is OC(c1ccc(Cl)cc1)c1ccc(N2CCOCC2)cc1. The Balaban J connectivity index is 1.75. The second-order valence-corrected chi connectivity index (χ2v) is 5.58. The van der Waals surface area contributed by atoms with Crippen LogP contribution in [-0.4, -0.2) is 31.4 Å². The zero-order valence-electron chi connectivity index (χ0n) is 11.7. The van der Waals surface area contributed by atoms with E-state index in [9.17, 15) is 5.11 Å². The Labute approximate surface area is 129 Å². The summed E-state index contributed by atoms with van der Waals surface area (Å²) in [7, 11) is 0. The molecule has 0 radical (unpaired) electrons. The van der Waals surface area contributed by atoms with Crippen LogP contribution in [0.15, 0.2) is 48.5 Å². The van der Waals surface area contributed by atoms with Gasteiger partial charge in [0.2, 0.25) is 0 Å². The van der Waals surface area contributed by atoms with Crippen molar-refractivity contribution in [2.24, 2.45) is 0 Å². The minimum atomic E-state index is -0.624. The molecule has 2 aromatic rings. The second-order valence-electron chi connectivity index (χ2n) is 5.15. The minimum absolute atomic E-state index is 0.624. The number of benzene rings is 2. The van der Waals surface area contributed by atoms with Crippen LogP contribution in [0.25, 0.3) is 0 Å². The quantitative estimate of drug-likeness (QED) is 0.945. The van der Waals surface area contributed by atoms with E-state index in [0.717, 1.165) is 37.4 Å². The average molecular weight is 304 g/mol. The van der Waals surface area contributed by atoms with Crippen LogP contribution in [0, 0.1) is 0 Å². The number of halogens is 1. The van der Waals surface area contributed by atoms with Crippen molar-refractivity contribution in [1.29, 1.82) is 0 Å². The van der Waals surface area contributed by atoms with Gasteiger partial charge in [-0.3, -0.25) is 0 Å². The lowest BCUT2D eigenvalue weighted by atomic mass is 10.0. The van der Waals surface area contributed by atoms with Crippen molar-refractivity contribution in [3.05, 3.63) is 64.7 Å². The summed E-state index contributed by atoms with van der Waals surface area (Å²) >= 11 is 5.87. The Morgan fingerprint density at radius 3 is 2.00 bits per heavy atom. The van der Waals surface area contributed by atoms with E-state index in [1.165, 1.54) is 5.69 Å². The molecule has 0 amide bonds. The molecule has 0 aliphatic carbocycles. The Morgan fingerprint density at radius 1 is 0.905 bits per heavy atom. The van der Waals surface area contributed by atoms with E-state index in [1.54, 1.807) is 12.1 Å². The molecular formula is C17H18ClNO2. The van der Waals surface area contributed by atoms with Crippen molar-refractivity contribution < 1.29 is 9.84 Å². The number of nitrogens with zero attached hydrogens (tertiary/aromatic N) is 1. The molecular weight excluding hydrogens is 286 g/mol. The third-order valence-electron chi connectivity index (χ3n) is 3.77. The van der Waals surface area contributed by atoms with Crippen LogP contribution in [0.2, 0.25) is 5.02 Å². The predicted octanol–water partition coefficient (Wildman–Crippen LogP) is 3.26. The van der Waals surface area contributed by atoms with E-state index in [1.807, 2.05) is 24.3 Å². The molecule has 3 rings (SSSR count). The highest BCUT2D eigenvalue weighted by Gasteiger charge is 2.13. The van der Waals surface area contributed by atoms with Crippen LogP contribution >= 0.6 is 11.6 Å². The maximum Gasteiger partial charge on any atom is 0.104 e. The van der Waals surface area contributed by atoms with Crippen molar-refractivity contribution in [2.45, 2.75) is 6.10 Å². The fourth-order valence-electron chi connectivity index (χ4n) is 2.53. The number of anilines is 1. The maximum atomic E-state index is 10.4. The Hall–Kier alpha value is -1.55. The molecule has 1 unspecified atom stereocenters. The first-order valence-electron chi connectivity index (χ1n) is 7.10. The maximum absolute atomic E-state index is 10.4. The van der Waals surface area contributed by atoms with Gasteiger partial charge in [-0.2, -0.15) is 0 Å². The van der Waals surface area contributed by atoms with Crippen molar-refractivity contribution in [1.82, 2.24) is 0 Å². The lowest BCUT2D eigenvalue weighted by molar-refractivity contribution is 0.122. The number of aliphatic hydroxyl groups is 1. The molecule has 0 saturated carbocycles. The molecule has 0 bridgehead atoms. The number of aliphatic hydroxyl groups excluding tert-OH is 1. The molecule has 0 spiro atoms. The Kier molecular flexibility index (Phi) is 4.44. The first-order chi connectivity index (χ1) is 10.2. The molecule has 1 fully saturated rings. The van der Waals surface area contributed by atoms with Crippen LogP contribution < -0.4 is 4.90 Å². The van der Waals surface area contributed by atoms with E-state index in [0.29, 0.717) is 5.02 Å². The largest absolute Gasteiger partial charge is 0.384 e. The number of hydrogen-bond donors (Lipinski definition) is 1. The van der Waals surface area contributed by atoms with E-state index in [-0.39, 0.29) is 0 Å². The Morgan fingerprint density at radius 2 is 1.43 bits per heavy atom. The topological polar surface area (TPSA) is 32.7 Å². The first kappa shape index (κ1) is 14.4. The summed E-state index contributed by atoms with van der Waals surface area (Å²) in [6.45, 7) is 3.38. The van der Waals surface area contributed by atoms with Gasteiger partial charge in [0, 0.05) is 23.8 Å². The zero-order chi connectivity index (χ0) is 14.7. The van der Waals surface area contributed by atoms with Crippen LogP contribution in [0.5, 0.6) is 0 Å². The van der Waals surface area contributed by atoms with Gasteiger partial charge in [-0.05, 0) is 35.4 Å². The molecule has 3 nitrogen and oxygen atoms in total. The van der Waals surface area contributed by atoms with Gasteiger partial charge >= 0.3 is 0 Å². The highest BCUT2D eigenvalue weighted by molar-refractivity contribution is 6.30. The van der Waals surface area contributed by atoms with Gasteiger partial charge in [0.15, 0.2) is 0 Å². The van der Waals surface area contributed by atoms with E-state index in [4.69, 9.17) is 16.3 Å². The fraction of sp³-hybridized carbons (Fsp3) is 0.294. The van der Waals surface area contributed by atoms with Crippen molar-refractivity contribution in [3.63, 3.8) is 0 Å². The lowest BCUT2D eigenvalue weighted by Gasteiger charge is -2.29. The highest BCUT2D eigenvalue weighted by atomic mass is 35.5. The normalized spacial score (nSPS) is 16.8. The summed E-state index contributed by atoms with van der Waals surface area (Å²) in [4.78, 5) is 2.29. The van der Waals surface area contributed by atoms with E-state index < -0.39 is 6.10 Å². The number of rotatable bonds is 3. The third-order valence-corrected chi connectivity index (χ3v) is 4.02. The summed E-state index contributed by atoms with van der Waals surface area (Å²) in [6.07, 6.45) is -0.624. The van der Waals surface area contributed by atoms with Gasteiger partial charge in [0.25, 0.3) is 0 Å². The fourth-order valence-corrected chi connectivity index (χ4v) is 2.65. The first-order valence-corrected chi connectivity index (χ1v) is 7.48. The van der Waals surface area contributed by atoms with Crippen molar-refractivity contribution in [3.8, 4) is 0 Å². The van der Waals surface area contributed by atoms with Crippen LogP contribution in [-0.2, 0) is 4.74 Å². The van der Waals surface area contributed by atoms with Crippen LogP contribution in [0.3, 0.4) is 0 Å². The molecule has 4 heteroatoms. The van der Waals surface area contributed by atoms with Gasteiger partial charge < -0.3 is 14.7 Å². The number of hydrogen-bond acceptors (Lipinski definition) is 3. The molecule has 1 aliphatic rings. The second kappa shape index (κ2) is 6.48. The van der Waals surface area contributed by atoms with Crippen LogP contribution in [0.4, 0.5) is 5.69 Å². The van der Waals surface area contributed by atoms with Gasteiger partial charge in [-0.25, -0.2) is 0 Å². The molecule has 1 heterocycles. The van der Waals surface area contributed by atoms with E-state index >= 15 is 0 Å². The van der Waals surface area contributed by atoms with E-state index in [2.05, 4.69) is 17.0 Å². The summed E-state index contributed by atoms with van der Waals surface area (Å²) < 4.78 is 5.36. The number of morpholine rings is 1. The van der Waals surface area contributed by atoms with Crippen molar-refractivity contribution in [2.75, 3.05) is 31.2 Å². The molecule has 2 aromatic carbocycles. The summed E-state index contributed by atoms with van der Waals surface area (Å²) in [6, 6.07) is 15.4. The zero-order valence-corrected chi connectivity index (χ0v) is 12.5. The summed E-state index contributed by atoms with van der Waals surface area (Å²) in [5.74, 6) is 0. The summed E-state index contributed by atoms with van der Waals surface area (Å²) in [5, 5.41) is 11.1. The Bertz CT molecular complexity index is 577. The standard InChI is InChI=1S/C17H18ClNO2/c18-15-5-1-13(2-6-15)17(20)14-3-7-16(8-4-14)19-9-11-21-12-10-19/h1-8,17,20H,9-12H2. The van der Waals surface area contributed by atoms with Gasteiger partial charge in [0.1, 0.15) is 6.10 Å². The molecule has 21 heavy (non-hydrogen) atoms. The smallest absolute Gasteiger partial charge is 0.104 e. The summed E-state index contributed by atoms with van der Waals surface area (Å²) in [5.41, 5.74) is 2.90. The molecule has 1 atom stereocenters. The number of ether oxygens (including phenoxy) is 1. The monoisotopic (exact) mass is 303 g/mol. The molecule has 110 valence electrons. The van der Waals surface area contributed by atoms with Gasteiger partial charge in [0.05, 0.1) is 13.2 Å².